The van der Waals surface area contributed by atoms with E-state index in [1.807, 2.05) is 18.2 Å². The second-order valence-corrected chi connectivity index (χ2v) is 4.66. The number of ether oxygens (including phenoxy) is 3. The second-order valence-electron chi connectivity index (χ2n) is 3.81. The highest BCUT2D eigenvalue weighted by molar-refractivity contribution is 9.10. The Morgan fingerprint density at radius 2 is 1.89 bits per heavy atom. The average molecular weight is 308 g/mol. The summed E-state index contributed by atoms with van der Waals surface area (Å²) in [5.74, 6) is 2.81. The molecule has 1 heterocycles. The van der Waals surface area contributed by atoms with Crippen molar-refractivity contribution in [3.05, 3.63) is 40.9 Å². The van der Waals surface area contributed by atoms with Crippen LogP contribution in [0.2, 0.25) is 0 Å². The summed E-state index contributed by atoms with van der Waals surface area (Å²) < 4.78 is 17.1. The molecule has 3 rings (SSSR count). The van der Waals surface area contributed by atoms with Crippen LogP contribution in [-0.2, 0) is 0 Å². The standard InChI is InChI=1S/C13H10BrNO3/c14-10-5-8(15)1-3-11(10)18-9-2-4-12-13(6-9)17-7-16-12/h1-6H,7,15H2. The van der Waals surface area contributed by atoms with Crippen LogP contribution in [0.25, 0.3) is 0 Å². The fourth-order valence-electron chi connectivity index (χ4n) is 1.67. The predicted molar refractivity (Wildman–Crippen MR) is 71.2 cm³/mol. The Hall–Kier alpha value is -1.88. The van der Waals surface area contributed by atoms with Crippen molar-refractivity contribution in [2.24, 2.45) is 0 Å². The topological polar surface area (TPSA) is 53.7 Å². The maximum absolute atomic E-state index is 5.75. The van der Waals surface area contributed by atoms with Crippen LogP contribution in [0.15, 0.2) is 40.9 Å². The van der Waals surface area contributed by atoms with E-state index in [0.717, 1.165) is 10.2 Å². The van der Waals surface area contributed by atoms with Crippen LogP contribution < -0.4 is 19.9 Å². The zero-order chi connectivity index (χ0) is 12.5. The summed E-state index contributed by atoms with van der Waals surface area (Å²) in [6, 6.07) is 10.8. The highest BCUT2D eigenvalue weighted by Crippen LogP contribution is 2.38. The number of hydrogen-bond donors (Lipinski definition) is 1. The molecule has 0 bridgehead atoms. The van der Waals surface area contributed by atoms with E-state index in [1.165, 1.54) is 0 Å². The minimum absolute atomic E-state index is 0.254. The Bertz CT molecular complexity index is 601. The zero-order valence-electron chi connectivity index (χ0n) is 9.35. The van der Waals surface area contributed by atoms with Crippen molar-refractivity contribution in [1.29, 1.82) is 0 Å². The molecule has 1 aliphatic rings. The Morgan fingerprint density at radius 3 is 2.72 bits per heavy atom. The summed E-state index contributed by atoms with van der Waals surface area (Å²) in [5.41, 5.74) is 6.35. The maximum atomic E-state index is 5.75. The van der Waals surface area contributed by atoms with Crippen LogP contribution >= 0.6 is 15.9 Å². The molecular weight excluding hydrogens is 298 g/mol. The SMILES string of the molecule is Nc1ccc(Oc2ccc3c(c2)OCO3)c(Br)c1. The van der Waals surface area contributed by atoms with Gasteiger partial charge in [0.2, 0.25) is 6.79 Å². The van der Waals surface area contributed by atoms with E-state index in [4.69, 9.17) is 19.9 Å². The van der Waals surface area contributed by atoms with Crippen molar-refractivity contribution < 1.29 is 14.2 Å². The quantitative estimate of drug-likeness (QED) is 0.862. The van der Waals surface area contributed by atoms with Gasteiger partial charge < -0.3 is 19.9 Å². The van der Waals surface area contributed by atoms with Crippen LogP contribution in [0.5, 0.6) is 23.0 Å². The fraction of sp³-hybridized carbons (Fsp3) is 0.0769. The molecule has 0 amide bonds. The number of halogens is 1. The molecule has 2 aromatic rings. The van der Waals surface area contributed by atoms with E-state index in [-0.39, 0.29) is 6.79 Å². The molecular formula is C13H10BrNO3. The number of fused-ring (bicyclic) bond motifs is 1. The van der Waals surface area contributed by atoms with Crippen molar-refractivity contribution >= 4 is 21.6 Å². The lowest BCUT2D eigenvalue weighted by Gasteiger charge is -2.08. The largest absolute Gasteiger partial charge is 0.456 e. The van der Waals surface area contributed by atoms with Gasteiger partial charge in [-0.1, -0.05) is 0 Å². The Morgan fingerprint density at radius 1 is 1.06 bits per heavy atom. The molecule has 2 N–H and O–H groups in total. The average Bonchev–Trinajstić information content (AvgIpc) is 2.80. The Labute approximate surface area is 112 Å². The molecule has 0 spiro atoms. The van der Waals surface area contributed by atoms with E-state index in [2.05, 4.69) is 15.9 Å². The van der Waals surface area contributed by atoms with Crippen LogP contribution in [0.1, 0.15) is 0 Å². The van der Waals surface area contributed by atoms with E-state index < -0.39 is 0 Å². The lowest BCUT2D eigenvalue weighted by Crippen LogP contribution is -1.92. The van der Waals surface area contributed by atoms with Gasteiger partial charge in [-0.2, -0.15) is 0 Å². The number of anilines is 1. The first-order valence-corrected chi connectivity index (χ1v) is 6.14. The third-order valence-corrected chi connectivity index (χ3v) is 3.15. The summed E-state index contributed by atoms with van der Waals surface area (Å²) in [4.78, 5) is 0. The lowest BCUT2D eigenvalue weighted by molar-refractivity contribution is 0.174. The smallest absolute Gasteiger partial charge is 0.231 e. The molecule has 0 aromatic heterocycles. The summed E-state index contributed by atoms with van der Waals surface area (Å²) in [5, 5.41) is 0. The lowest BCUT2D eigenvalue weighted by atomic mass is 10.3. The summed E-state index contributed by atoms with van der Waals surface area (Å²) in [6.45, 7) is 0.254. The Balaban J connectivity index is 1.88. The van der Waals surface area contributed by atoms with E-state index in [0.29, 0.717) is 22.9 Å². The van der Waals surface area contributed by atoms with Gasteiger partial charge in [0, 0.05) is 11.8 Å². The van der Waals surface area contributed by atoms with Gasteiger partial charge in [0.05, 0.1) is 4.47 Å². The molecule has 1 aliphatic heterocycles. The van der Waals surface area contributed by atoms with E-state index in [9.17, 15) is 0 Å². The summed E-state index contributed by atoms with van der Waals surface area (Å²) in [7, 11) is 0. The normalized spacial score (nSPS) is 12.5. The highest BCUT2D eigenvalue weighted by atomic mass is 79.9. The molecule has 0 atom stereocenters. The van der Waals surface area contributed by atoms with Gasteiger partial charge in [0.1, 0.15) is 11.5 Å². The first-order chi connectivity index (χ1) is 8.72. The molecule has 0 unspecified atom stereocenters. The second kappa shape index (κ2) is 4.42. The van der Waals surface area contributed by atoms with Crippen molar-refractivity contribution in [2.75, 3.05) is 12.5 Å². The summed E-state index contributed by atoms with van der Waals surface area (Å²) in [6.07, 6.45) is 0. The van der Waals surface area contributed by atoms with Gasteiger partial charge in [0.25, 0.3) is 0 Å². The zero-order valence-corrected chi connectivity index (χ0v) is 10.9. The number of benzene rings is 2. The highest BCUT2D eigenvalue weighted by Gasteiger charge is 2.14. The Kier molecular flexibility index (Phi) is 2.76. The minimum atomic E-state index is 0.254. The molecule has 2 aromatic carbocycles. The third-order valence-electron chi connectivity index (χ3n) is 2.53. The van der Waals surface area contributed by atoms with Crippen molar-refractivity contribution in [3.63, 3.8) is 0 Å². The number of hydrogen-bond acceptors (Lipinski definition) is 4. The van der Waals surface area contributed by atoms with Crippen LogP contribution in [-0.4, -0.2) is 6.79 Å². The van der Waals surface area contributed by atoms with Crippen molar-refractivity contribution in [2.45, 2.75) is 0 Å². The first kappa shape index (κ1) is 11.2. The number of rotatable bonds is 2. The molecule has 0 saturated carbocycles. The molecule has 5 heteroatoms. The molecule has 0 radical (unpaired) electrons. The van der Waals surface area contributed by atoms with Crippen LogP contribution in [0.3, 0.4) is 0 Å². The van der Waals surface area contributed by atoms with Gasteiger partial charge in [-0.25, -0.2) is 0 Å². The fourth-order valence-corrected chi connectivity index (χ4v) is 2.14. The first-order valence-electron chi connectivity index (χ1n) is 5.35. The van der Waals surface area contributed by atoms with Gasteiger partial charge in [-0.05, 0) is 46.3 Å². The molecule has 0 saturated heterocycles. The van der Waals surface area contributed by atoms with Crippen LogP contribution in [0.4, 0.5) is 5.69 Å². The molecule has 92 valence electrons. The number of nitrogen functional groups attached to an aromatic ring is 1. The third kappa shape index (κ3) is 2.09. The molecule has 4 nitrogen and oxygen atoms in total. The number of nitrogens with two attached hydrogens (primary N) is 1. The van der Waals surface area contributed by atoms with Gasteiger partial charge >= 0.3 is 0 Å². The van der Waals surface area contributed by atoms with Gasteiger partial charge in [-0.3, -0.25) is 0 Å². The monoisotopic (exact) mass is 307 g/mol. The van der Waals surface area contributed by atoms with Crippen molar-refractivity contribution in [1.82, 2.24) is 0 Å². The van der Waals surface area contributed by atoms with E-state index in [1.54, 1.807) is 18.2 Å². The predicted octanol–water partition coefficient (Wildman–Crippen LogP) is 3.55. The molecule has 18 heavy (non-hydrogen) atoms. The van der Waals surface area contributed by atoms with Crippen molar-refractivity contribution in [3.8, 4) is 23.0 Å². The van der Waals surface area contributed by atoms with Gasteiger partial charge in [-0.15, -0.1) is 0 Å². The molecule has 0 aliphatic carbocycles. The summed E-state index contributed by atoms with van der Waals surface area (Å²) >= 11 is 3.41. The molecule has 0 fully saturated rings. The van der Waals surface area contributed by atoms with E-state index >= 15 is 0 Å². The van der Waals surface area contributed by atoms with Crippen LogP contribution in [0, 0.1) is 0 Å². The van der Waals surface area contributed by atoms with Gasteiger partial charge in [0.15, 0.2) is 11.5 Å². The minimum Gasteiger partial charge on any atom is -0.456 e. The maximum Gasteiger partial charge on any atom is 0.231 e.